The molecule has 1 aliphatic rings. The Labute approximate surface area is 128 Å². The van der Waals surface area contributed by atoms with Crippen molar-refractivity contribution in [2.45, 2.75) is 57.0 Å². The van der Waals surface area contributed by atoms with Gasteiger partial charge in [-0.15, -0.1) is 11.6 Å². The van der Waals surface area contributed by atoms with E-state index in [0.717, 1.165) is 25.3 Å². The van der Waals surface area contributed by atoms with Crippen LogP contribution >= 0.6 is 11.6 Å². The van der Waals surface area contributed by atoms with Gasteiger partial charge in [0, 0.05) is 17.8 Å². The molecule has 0 amide bonds. The molecule has 1 fully saturated rings. The van der Waals surface area contributed by atoms with Crippen LogP contribution in [0.3, 0.4) is 0 Å². The molecule has 0 spiro atoms. The highest BCUT2D eigenvalue weighted by Crippen LogP contribution is 2.47. The van der Waals surface area contributed by atoms with Gasteiger partial charge in [0.05, 0.1) is 5.56 Å². The van der Waals surface area contributed by atoms with Crippen LogP contribution in [0, 0.1) is 11.8 Å². The van der Waals surface area contributed by atoms with Gasteiger partial charge < -0.3 is 0 Å². The maximum Gasteiger partial charge on any atom is 0.416 e. The van der Waals surface area contributed by atoms with Crippen LogP contribution in [0.5, 0.6) is 0 Å². The molecular formula is C16H21ClF3N. The van der Waals surface area contributed by atoms with Crippen LogP contribution in [-0.2, 0) is 11.6 Å². The Hall–Kier alpha value is -0.770. The normalized spacial score (nSPS) is 27.7. The Kier molecular flexibility index (Phi) is 4.57. The third-order valence-electron chi connectivity index (χ3n) is 4.78. The molecule has 1 heterocycles. The van der Waals surface area contributed by atoms with Crippen molar-refractivity contribution < 1.29 is 13.2 Å². The van der Waals surface area contributed by atoms with Crippen molar-refractivity contribution in [1.29, 1.82) is 0 Å². The Bertz CT molecular complexity index is 499. The summed E-state index contributed by atoms with van der Waals surface area (Å²) in [5, 5.41) is -0.0926. The molecule has 0 radical (unpaired) electrons. The molecule has 5 heteroatoms. The molecule has 1 nitrogen and oxygen atoms in total. The topological polar surface area (TPSA) is 12.9 Å². The lowest BCUT2D eigenvalue weighted by atomic mass is 9.65. The van der Waals surface area contributed by atoms with Gasteiger partial charge in [-0.1, -0.05) is 27.2 Å². The monoisotopic (exact) mass is 319 g/mol. The van der Waals surface area contributed by atoms with Crippen molar-refractivity contribution >= 4 is 11.6 Å². The molecule has 1 aromatic rings. The third-order valence-corrected chi connectivity index (χ3v) is 5.26. The van der Waals surface area contributed by atoms with E-state index in [1.807, 2.05) is 13.8 Å². The Morgan fingerprint density at radius 3 is 2.43 bits per heavy atom. The molecule has 1 saturated carbocycles. The fourth-order valence-corrected chi connectivity index (χ4v) is 4.22. The summed E-state index contributed by atoms with van der Waals surface area (Å²) in [6, 6.07) is 1.06. The lowest BCUT2D eigenvalue weighted by molar-refractivity contribution is -0.139. The zero-order chi connectivity index (χ0) is 15.8. The van der Waals surface area contributed by atoms with E-state index in [1.54, 1.807) is 0 Å². The average molecular weight is 320 g/mol. The van der Waals surface area contributed by atoms with Gasteiger partial charge in [-0.05, 0) is 41.7 Å². The first-order valence-corrected chi connectivity index (χ1v) is 7.73. The van der Waals surface area contributed by atoms with Gasteiger partial charge >= 0.3 is 6.18 Å². The van der Waals surface area contributed by atoms with Gasteiger partial charge in [0.1, 0.15) is 0 Å². The van der Waals surface area contributed by atoms with E-state index in [0.29, 0.717) is 5.92 Å². The molecule has 1 aliphatic carbocycles. The van der Waals surface area contributed by atoms with Gasteiger partial charge in [0.2, 0.25) is 0 Å². The maximum atomic E-state index is 13.2. The van der Waals surface area contributed by atoms with Crippen LogP contribution in [0.25, 0.3) is 0 Å². The van der Waals surface area contributed by atoms with Crippen molar-refractivity contribution in [1.82, 2.24) is 4.98 Å². The van der Waals surface area contributed by atoms with E-state index in [2.05, 4.69) is 11.9 Å². The number of hydrogen-bond donors (Lipinski definition) is 0. The van der Waals surface area contributed by atoms with Gasteiger partial charge in [-0.2, -0.15) is 13.2 Å². The number of aromatic nitrogens is 1. The van der Waals surface area contributed by atoms with E-state index < -0.39 is 17.2 Å². The lowest BCUT2D eigenvalue weighted by Crippen LogP contribution is -2.40. The van der Waals surface area contributed by atoms with E-state index in [-0.39, 0.29) is 16.9 Å². The van der Waals surface area contributed by atoms with E-state index >= 15 is 0 Å². The largest absolute Gasteiger partial charge is 0.416 e. The fraction of sp³-hybridized carbons (Fsp3) is 0.688. The van der Waals surface area contributed by atoms with Crippen LogP contribution in [-0.4, -0.2) is 10.4 Å². The molecule has 1 aromatic heterocycles. The van der Waals surface area contributed by atoms with Crippen molar-refractivity contribution in [3.05, 3.63) is 29.6 Å². The number of halogens is 4. The molecule has 0 aliphatic heterocycles. The molecule has 0 bridgehead atoms. The van der Waals surface area contributed by atoms with E-state index in [9.17, 15) is 13.2 Å². The lowest BCUT2D eigenvalue weighted by Gasteiger charge is -2.42. The average Bonchev–Trinajstić information content (AvgIpc) is 2.37. The second kappa shape index (κ2) is 5.79. The second-order valence-corrected chi connectivity index (χ2v) is 7.24. The third kappa shape index (κ3) is 3.36. The first-order valence-electron chi connectivity index (χ1n) is 7.29. The summed E-state index contributed by atoms with van der Waals surface area (Å²) in [4.78, 5) is 3.92. The SMILES string of the molecule is CC1CCC(C(C)(C)c2cnccc2C(F)(F)F)C(Cl)C1. The molecule has 21 heavy (non-hydrogen) atoms. The second-order valence-electron chi connectivity index (χ2n) is 6.68. The molecule has 0 saturated heterocycles. The van der Waals surface area contributed by atoms with Gasteiger partial charge in [0.15, 0.2) is 0 Å². The summed E-state index contributed by atoms with van der Waals surface area (Å²) in [6.45, 7) is 5.86. The first-order chi connectivity index (χ1) is 9.64. The summed E-state index contributed by atoms with van der Waals surface area (Å²) in [7, 11) is 0. The first kappa shape index (κ1) is 16.6. The smallest absolute Gasteiger partial charge is 0.264 e. The molecule has 0 aromatic carbocycles. The number of hydrogen-bond acceptors (Lipinski definition) is 1. The zero-order valence-corrected chi connectivity index (χ0v) is 13.3. The van der Waals surface area contributed by atoms with E-state index in [1.165, 1.54) is 12.4 Å². The molecule has 0 N–H and O–H groups in total. The standard InChI is InChI=1S/C16H21ClF3N/c1-10-4-5-12(14(17)8-10)15(2,3)13-9-21-7-6-11(13)16(18,19)20/h6-7,9-10,12,14H,4-5,8H2,1-3H3. The predicted molar refractivity (Wildman–Crippen MR) is 78.4 cm³/mol. The van der Waals surface area contributed by atoms with Crippen LogP contribution in [0.15, 0.2) is 18.5 Å². The molecule has 3 atom stereocenters. The minimum atomic E-state index is -4.36. The molecular weight excluding hydrogens is 299 g/mol. The number of alkyl halides is 4. The van der Waals surface area contributed by atoms with Gasteiger partial charge in [0.25, 0.3) is 0 Å². The number of rotatable bonds is 2. The quantitative estimate of drug-likeness (QED) is 0.663. The number of pyridine rings is 1. The summed E-state index contributed by atoms with van der Waals surface area (Å²) >= 11 is 6.48. The molecule has 2 rings (SSSR count). The predicted octanol–water partition coefficient (Wildman–Crippen LogP) is 5.42. The molecule has 3 unspecified atom stereocenters. The van der Waals surface area contributed by atoms with Crippen molar-refractivity contribution in [3.8, 4) is 0 Å². The van der Waals surface area contributed by atoms with Crippen LogP contribution in [0.1, 0.15) is 51.2 Å². The molecule has 118 valence electrons. The minimum Gasteiger partial charge on any atom is -0.264 e. The Balaban J connectivity index is 2.40. The van der Waals surface area contributed by atoms with Crippen LogP contribution in [0.4, 0.5) is 13.2 Å². The highest BCUT2D eigenvalue weighted by atomic mass is 35.5. The summed E-state index contributed by atoms with van der Waals surface area (Å²) in [5.74, 6) is 0.566. The zero-order valence-electron chi connectivity index (χ0n) is 12.5. The maximum absolute atomic E-state index is 13.2. The summed E-state index contributed by atoms with van der Waals surface area (Å²) in [6.07, 6.45) is 0.915. The van der Waals surface area contributed by atoms with Crippen molar-refractivity contribution in [3.63, 3.8) is 0 Å². The Morgan fingerprint density at radius 1 is 1.19 bits per heavy atom. The highest BCUT2D eigenvalue weighted by Gasteiger charge is 2.44. The summed E-state index contributed by atoms with van der Waals surface area (Å²) in [5.41, 5.74) is -0.987. The highest BCUT2D eigenvalue weighted by molar-refractivity contribution is 6.20. The number of nitrogens with zero attached hydrogens (tertiary/aromatic N) is 1. The van der Waals surface area contributed by atoms with Crippen molar-refractivity contribution in [2.75, 3.05) is 0 Å². The fourth-order valence-electron chi connectivity index (χ4n) is 3.48. The van der Waals surface area contributed by atoms with Gasteiger partial charge in [-0.25, -0.2) is 0 Å². The Morgan fingerprint density at radius 2 is 1.86 bits per heavy atom. The summed E-state index contributed by atoms with van der Waals surface area (Å²) < 4.78 is 39.7. The van der Waals surface area contributed by atoms with Gasteiger partial charge in [-0.3, -0.25) is 4.98 Å². The minimum absolute atomic E-state index is 0.0284. The van der Waals surface area contributed by atoms with Crippen molar-refractivity contribution in [2.24, 2.45) is 11.8 Å². The van der Waals surface area contributed by atoms with Crippen LogP contribution < -0.4 is 0 Å². The van der Waals surface area contributed by atoms with E-state index in [4.69, 9.17) is 11.6 Å². The van der Waals surface area contributed by atoms with Crippen LogP contribution in [0.2, 0.25) is 0 Å².